The van der Waals surface area contributed by atoms with Crippen LogP contribution in [0.25, 0.3) is 0 Å². The fraction of sp³-hybridized carbons (Fsp3) is 0.333. The largest absolute Gasteiger partial charge is 0.228 e. The van der Waals surface area contributed by atoms with Gasteiger partial charge in [-0.1, -0.05) is 6.08 Å². The van der Waals surface area contributed by atoms with Gasteiger partial charge in [0, 0.05) is 5.41 Å². The van der Waals surface area contributed by atoms with Crippen LogP contribution in [0.1, 0.15) is 10.8 Å². The van der Waals surface area contributed by atoms with Crippen molar-refractivity contribution in [2.75, 3.05) is 11.5 Å². The molecular weight excluding hydrogens is 268 g/mol. The van der Waals surface area contributed by atoms with Crippen LogP contribution in [-0.2, 0) is 19.7 Å². The molecule has 1 aliphatic heterocycles. The molecule has 16 heavy (non-hydrogen) atoms. The van der Waals surface area contributed by atoms with E-state index in [-0.39, 0.29) is 11.5 Å². The standard InChI is InChI=1S/C9H10O4S3/c10-15(11)4-1-5-16(12,13)9(7-15)8-2-3-14-6-8/h1-3,5-6,9H,4,7H2. The number of hydrogen-bond acceptors (Lipinski definition) is 5. The van der Waals surface area contributed by atoms with E-state index in [9.17, 15) is 16.8 Å². The molecule has 1 aromatic rings. The molecule has 2 heterocycles. The van der Waals surface area contributed by atoms with Gasteiger partial charge in [-0.25, -0.2) is 16.8 Å². The number of thiophene rings is 1. The molecule has 4 nitrogen and oxygen atoms in total. The minimum Gasteiger partial charge on any atom is -0.228 e. The van der Waals surface area contributed by atoms with E-state index in [1.165, 1.54) is 17.4 Å². The second-order valence-electron chi connectivity index (χ2n) is 3.58. The highest BCUT2D eigenvalue weighted by atomic mass is 32.2. The van der Waals surface area contributed by atoms with Crippen molar-refractivity contribution in [1.29, 1.82) is 0 Å². The third-order valence-electron chi connectivity index (χ3n) is 2.35. The van der Waals surface area contributed by atoms with Crippen LogP contribution in [0, 0.1) is 0 Å². The fourth-order valence-corrected chi connectivity index (χ4v) is 6.11. The highest BCUT2D eigenvalue weighted by Gasteiger charge is 2.32. The van der Waals surface area contributed by atoms with Crippen LogP contribution in [0.15, 0.2) is 28.3 Å². The summed E-state index contributed by atoms with van der Waals surface area (Å²) in [6, 6.07) is 1.65. The summed E-state index contributed by atoms with van der Waals surface area (Å²) in [5.74, 6) is -0.536. The van der Waals surface area contributed by atoms with Gasteiger partial charge >= 0.3 is 0 Å². The number of sulfone groups is 2. The van der Waals surface area contributed by atoms with Gasteiger partial charge in [-0.05, 0) is 22.4 Å². The molecule has 0 radical (unpaired) electrons. The molecule has 7 heteroatoms. The van der Waals surface area contributed by atoms with Gasteiger partial charge in [-0.15, -0.1) is 0 Å². The van der Waals surface area contributed by atoms with Crippen molar-refractivity contribution in [2.24, 2.45) is 0 Å². The van der Waals surface area contributed by atoms with Gasteiger partial charge in [0.1, 0.15) is 5.25 Å². The Kier molecular flexibility index (Phi) is 2.93. The van der Waals surface area contributed by atoms with Gasteiger partial charge < -0.3 is 0 Å². The molecule has 0 aromatic carbocycles. The predicted molar refractivity (Wildman–Crippen MR) is 63.8 cm³/mol. The fourth-order valence-electron chi connectivity index (χ4n) is 1.55. The van der Waals surface area contributed by atoms with Crippen LogP contribution >= 0.6 is 11.3 Å². The van der Waals surface area contributed by atoms with E-state index in [4.69, 9.17) is 0 Å². The Labute approximate surface area is 98.5 Å². The first kappa shape index (κ1) is 11.8. The Morgan fingerprint density at radius 1 is 1.25 bits per heavy atom. The van der Waals surface area contributed by atoms with Crippen molar-refractivity contribution in [3.63, 3.8) is 0 Å². The van der Waals surface area contributed by atoms with Gasteiger partial charge in [-0.3, -0.25) is 0 Å². The van der Waals surface area contributed by atoms with E-state index < -0.39 is 24.9 Å². The third-order valence-corrected chi connectivity index (χ3v) is 6.61. The van der Waals surface area contributed by atoms with Gasteiger partial charge in [0.2, 0.25) is 0 Å². The molecule has 0 N–H and O–H groups in total. The first-order valence-electron chi connectivity index (χ1n) is 4.54. The molecule has 0 saturated carbocycles. The minimum atomic E-state index is -3.51. The van der Waals surface area contributed by atoms with Crippen molar-refractivity contribution in [3.8, 4) is 0 Å². The summed E-state index contributed by atoms with van der Waals surface area (Å²) in [5, 5.41) is 3.48. The Hall–Kier alpha value is -0.660. The molecule has 2 rings (SSSR count). The number of hydrogen-bond donors (Lipinski definition) is 0. The maximum absolute atomic E-state index is 11.8. The van der Waals surface area contributed by atoms with Crippen LogP contribution in [0.4, 0.5) is 0 Å². The van der Waals surface area contributed by atoms with Crippen molar-refractivity contribution >= 4 is 31.0 Å². The van der Waals surface area contributed by atoms with Crippen LogP contribution < -0.4 is 0 Å². The van der Waals surface area contributed by atoms with Crippen molar-refractivity contribution in [1.82, 2.24) is 0 Å². The lowest BCUT2D eigenvalue weighted by Gasteiger charge is -2.11. The lowest BCUT2D eigenvalue weighted by molar-refractivity contribution is 0.584. The molecule has 0 saturated heterocycles. The highest BCUT2D eigenvalue weighted by Crippen LogP contribution is 2.29. The minimum absolute atomic E-state index is 0.202. The molecule has 0 bridgehead atoms. The van der Waals surface area contributed by atoms with Crippen molar-refractivity contribution in [3.05, 3.63) is 33.9 Å². The lowest BCUT2D eigenvalue weighted by atomic mass is 10.3. The summed E-state index contributed by atoms with van der Waals surface area (Å²) in [6.45, 7) is 0. The van der Waals surface area contributed by atoms with Gasteiger partial charge in [0.25, 0.3) is 0 Å². The molecule has 1 atom stereocenters. The van der Waals surface area contributed by atoms with Crippen LogP contribution in [-0.4, -0.2) is 28.3 Å². The molecule has 88 valence electrons. The molecule has 0 spiro atoms. The Balaban J connectivity index is 2.52. The third kappa shape index (κ3) is 2.36. The summed E-state index contributed by atoms with van der Waals surface area (Å²) < 4.78 is 46.8. The molecule has 1 unspecified atom stereocenters. The van der Waals surface area contributed by atoms with Crippen molar-refractivity contribution in [2.45, 2.75) is 5.25 Å². The maximum atomic E-state index is 11.8. The average molecular weight is 278 g/mol. The summed E-state index contributed by atoms with van der Waals surface area (Å²) in [6.07, 6.45) is 1.21. The SMILES string of the molecule is O=S1(=O)CC=CS(=O)(=O)C(c2ccsc2)C1. The highest BCUT2D eigenvalue weighted by molar-refractivity contribution is 7.97. The lowest BCUT2D eigenvalue weighted by Crippen LogP contribution is -2.19. The van der Waals surface area contributed by atoms with Gasteiger partial charge in [0.05, 0.1) is 11.5 Å². The molecule has 0 aliphatic carbocycles. The monoisotopic (exact) mass is 278 g/mol. The quantitative estimate of drug-likeness (QED) is 0.772. The van der Waals surface area contributed by atoms with E-state index in [1.807, 2.05) is 0 Å². The van der Waals surface area contributed by atoms with E-state index in [0.29, 0.717) is 5.56 Å². The normalized spacial score (nSPS) is 27.4. The first-order valence-corrected chi connectivity index (χ1v) is 8.91. The van der Waals surface area contributed by atoms with E-state index >= 15 is 0 Å². The van der Waals surface area contributed by atoms with E-state index in [0.717, 1.165) is 5.41 Å². The Morgan fingerprint density at radius 2 is 2.00 bits per heavy atom. The van der Waals surface area contributed by atoms with Crippen molar-refractivity contribution < 1.29 is 16.8 Å². The second-order valence-corrected chi connectivity index (χ2v) is 8.54. The summed E-state index contributed by atoms with van der Waals surface area (Å²) >= 11 is 1.36. The maximum Gasteiger partial charge on any atom is 0.179 e. The Bertz CT molecular complexity index is 593. The number of rotatable bonds is 1. The zero-order valence-corrected chi connectivity index (χ0v) is 10.7. The zero-order valence-electron chi connectivity index (χ0n) is 8.24. The van der Waals surface area contributed by atoms with Crippen LogP contribution in [0.2, 0.25) is 0 Å². The predicted octanol–water partition coefficient (Wildman–Crippen LogP) is 1.15. The Morgan fingerprint density at radius 3 is 2.62 bits per heavy atom. The summed E-state index contributed by atoms with van der Waals surface area (Å²) in [7, 11) is -6.83. The molecule has 0 fully saturated rings. The smallest absolute Gasteiger partial charge is 0.179 e. The zero-order chi connectivity index (χ0) is 11.8. The second kappa shape index (κ2) is 3.97. The van der Waals surface area contributed by atoms with Crippen LogP contribution in [0.5, 0.6) is 0 Å². The topological polar surface area (TPSA) is 68.3 Å². The van der Waals surface area contributed by atoms with Crippen LogP contribution in [0.3, 0.4) is 0 Å². The molecule has 1 aliphatic rings. The molecular formula is C9H10O4S3. The van der Waals surface area contributed by atoms with Gasteiger partial charge in [-0.2, -0.15) is 11.3 Å². The first-order chi connectivity index (χ1) is 7.41. The molecule has 1 aromatic heterocycles. The van der Waals surface area contributed by atoms with E-state index in [2.05, 4.69) is 0 Å². The average Bonchev–Trinajstić information content (AvgIpc) is 2.62. The summed E-state index contributed by atoms with van der Waals surface area (Å²) in [5.41, 5.74) is 0.556. The van der Waals surface area contributed by atoms with E-state index in [1.54, 1.807) is 16.8 Å². The van der Waals surface area contributed by atoms with Gasteiger partial charge in [0.15, 0.2) is 19.7 Å². The summed E-state index contributed by atoms with van der Waals surface area (Å²) in [4.78, 5) is 0. The molecule has 0 amide bonds.